The molecule has 104 valence electrons. The van der Waals surface area contributed by atoms with E-state index < -0.39 is 0 Å². The molecule has 0 amide bonds. The lowest BCUT2D eigenvalue weighted by Gasteiger charge is -2.55. The zero-order valence-electron chi connectivity index (χ0n) is 11.5. The van der Waals surface area contributed by atoms with Gasteiger partial charge >= 0.3 is 0 Å². The monoisotopic (exact) mass is 327 g/mol. The first-order valence-electron chi connectivity index (χ1n) is 6.75. The smallest absolute Gasteiger partial charge is 0.137 e. The van der Waals surface area contributed by atoms with Crippen molar-refractivity contribution in [1.29, 1.82) is 0 Å². The van der Waals surface area contributed by atoms with Crippen LogP contribution in [0.1, 0.15) is 25.8 Å². The number of hydrogen-bond acceptors (Lipinski definition) is 2. The molecule has 0 aromatic heterocycles. The average Bonchev–Trinajstić information content (AvgIpc) is 2.78. The summed E-state index contributed by atoms with van der Waals surface area (Å²) in [5.41, 5.74) is 2.09. The Hall–Kier alpha value is -0.610. The lowest BCUT2D eigenvalue weighted by Crippen LogP contribution is -2.63. The van der Waals surface area contributed by atoms with Crippen molar-refractivity contribution in [1.82, 2.24) is 0 Å². The number of benzene rings is 1. The molecule has 1 saturated heterocycles. The first-order valence-corrected chi connectivity index (χ1v) is 7.54. The van der Waals surface area contributed by atoms with Crippen LogP contribution in [0, 0.1) is 24.1 Å². The van der Waals surface area contributed by atoms with E-state index in [-0.39, 0.29) is 11.2 Å². The molecule has 0 bridgehead atoms. The molecule has 1 N–H and O–H groups in total. The summed E-state index contributed by atoms with van der Waals surface area (Å²) in [4.78, 5) is 0. The minimum atomic E-state index is -0.210. The molecule has 3 unspecified atom stereocenters. The van der Waals surface area contributed by atoms with Gasteiger partial charge in [-0.1, -0.05) is 13.8 Å². The van der Waals surface area contributed by atoms with Gasteiger partial charge in [-0.15, -0.1) is 0 Å². The van der Waals surface area contributed by atoms with Crippen LogP contribution < -0.4 is 5.32 Å². The van der Waals surface area contributed by atoms with E-state index in [4.69, 9.17) is 4.74 Å². The topological polar surface area (TPSA) is 21.3 Å². The van der Waals surface area contributed by atoms with E-state index in [0.717, 1.165) is 24.3 Å². The van der Waals surface area contributed by atoms with E-state index in [0.29, 0.717) is 22.5 Å². The van der Waals surface area contributed by atoms with Crippen LogP contribution in [0.5, 0.6) is 0 Å². The fourth-order valence-electron chi connectivity index (χ4n) is 3.59. The van der Waals surface area contributed by atoms with Crippen molar-refractivity contribution in [3.63, 3.8) is 0 Å². The van der Waals surface area contributed by atoms with Crippen LogP contribution in [-0.4, -0.2) is 18.8 Å². The van der Waals surface area contributed by atoms with E-state index in [9.17, 15) is 4.39 Å². The van der Waals surface area contributed by atoms with E-state index in [1.807, 2.05) is 13.0 Å². The fourth-order valence-corrected chi connectivity index (χ4v) is 3.93. The van der Waals surface area contributed by atoms with Crippen LogP contribution in [0.25, 0.3) is 0 Å². The van der Waals surface area contributed by atoms with Crippen molar-refractivity contribution in [3.05, 3.63) is 28.0 Å². The summed E-state index contributed by atoms with van der Waals surface area (Å²) < 4.78 is 19.8. The molecule has 2 fully saturated rings. The van der Waals surface area contributed by atoms with Gasteiger partial charge in [0.2, 0.25) is 0 Å². The van der Waals surface area contributed by atoms with Gasteiger partial charge in [0.25, 0.3) is 0 Å². The van der Waals surface area contributed by atoms with Gasteiger partial charge in [0, 0.05) is 29.7 Å². The van der Waals surface area contributed by atoms with Crippen LogP contribution >= 0.6 is 15.9 Å². The fraction of sp³-hybridized carbons (Fsp3) is 0.600. The zero-order chi connectivity index (χ0) is 13.8. The first kappa shape index (κ1) is 13.4. The van der Waals surface area contributed by atoms with Crippen molar-refractivity contribution in [2.45, 2.75) is 39.3 Å². The first-order chi connectivity index (χ1) is 8.91. The van der Waals surface area contributed by atoms with Gasteiger partial charge in [0.05, 0.1) is 10.6 Å². The highest BCUT2D eigenvalue weighted by atomic mass is 79.9. The molecule has 1 aliphatic carbocycles. The third-order valence-corrected chi connectivity index (χ3v) is 5.29. The maximum absolute atomic E-state index is 13.5. The standard InChI is InChI=1S/C15H19BrFNO/c1-8-6-11(17)10(16)7-12(8)18-13-9-4-5-19-14(9)15(13,2)3/h6-7,9,13-14,18H,4-5H2,1-3H3. The summed E-state index contributed by atoms with van der Waals surface area (Å²) >= 11 is 3.26. The van der Waals surface area contributed by atoms with Crippen molar-refractivity contribution < 1.29 is 9.13 Å². The number of aryl methyl sites for hydroxylation is 1. The summed E-state index contributed by atoms with van der Waals surface area (Å²) in [6, 6.07) is 3.81. The van der Waals surface area contributed by atoms with E-state index in [2.05, 4.69) is 35.1 Å². The Labute approximate surface area is 121 Å². The van der Waals surface area contributed by atoms with Gasteiger partial charge in [-0.2, -0.15) is 0 Å². The average molecular weight is 328 g/mol. The number of ether oxygens (including phenoxy) is 1. The van der Waals surface area contributed by atoms with Crippen LogP contribution in [-0.2, 0) is 4.74 Å². The second kappa shape index (κ2) is 4.45. The van der Waals surface area contributed by atoms with Gasteiger partial charge in [-0.05, 0) is 47.0 Å². The van der Waals surface area contributed by atoms with Crippen molar-refractivity contribution >= 4 is 21.6 Å². The molecule has 1 heterocycles. The van der Waals surface area contributed by atoms with E-state index >= 15 is 0 Å². The van der Waals surface area contributed by atoms with Crippen molar-refractivity contribution in [2.75, 3.05) is 11.9 Å². The number of halogens is 2. The van der Waals surface area contributed by atoms with Crippen molar-refractivity contribution in [2.24, 2.45) is 11.3 Å². The molecule has 0 radical (unpaired) electrons. The summed E-state index contributed by atoms with van der Waals surface area (Å²) in [6.07, 6.45) is 1.49. The SMILES string of the molecule is Cc1cc(F)c(Br)cc1NC1C2CCOC2C1(C)C. The molecule has 2 aliphatic rings. The highest BCUT2D eigenvalue weighted by Crippen LogP contribution is 2.53. The predicted octanol–water partition coefficient (Wildman–Crippen LogP) is 4.12. The molecular formula is C15H19BrFNO. The van der Waals surface area contributed by atoms with Gasteiger partial charge < -0.3 is 10.1 Å². The third-order valence-electron chi connectivity index (χ3n) is 4.68. The maximum atomic E-state index is 13.5. The van der Waals surface area contributed by atoms with Crippen LogP contribution in [0.15, 0.2) is 16.6 Å². The van der Waals surface area contributed by atoms with Gasteiger partial charge in [0.1, 0.15) is 5.82 Å². The van der Waals surface area contributed by atoms with Gasteiger partial charge in [-0.25, -0.2) is 4.39 Å². The van der Waals surface area contributed by atoms with Gasteiger partial charge in [0.15, 0.2) is 0 Å². The van der Waals surface area contributed by atoms with E-state index in [1.54, 1.807) is 6.07 Å². The lowest BCUT2D eigenvalue weighted by molar-refractivity contribution is -0.0923. The molecule has 3 atom stereocenters. The Bertz CT molecular complexity index is 517. The minimum absolute atomic E-state index is 0.133. The molecule has 3 rings (SSSR count). The summed E-state index contributed by atoms with van der Waals surface area (Å²) in [5, 5.41) is 3.60. The number of fused-ring (bicyclic) bond motifs is 1. The molecule has 4 heteroatoms. The Morgan fingerprint density at radius 2 is 2.16 bits per heavy atom. The second-order valence-corrected chi connectivity index (χ2v) is 7.12. The van der Waals surface area contributed by atoms with Crippen LogP contribution in [0.4, 0.5) is 10.1 Å². The molecule has 1 aromatic rings. The molecule has 19 heavy (non-hydrogen) atoms. The minimum Gasteiger partial charge on any atom is -0.381 e. The number of hydrogen-bond donors (Lipinski definition) is 1. The summed E-state index contributed by atoms with van der Waals surface area (Å²) in [6.45, 7) is 7.28. The third kappa shape index (κ3) is 2.00. The Morgan fingerprint density at radius 1 is 1.42 bits per heavy atom. The number of nitrogens with one attached hydrogen (secondary N) is 1. The normalized spacial score (nSPS) is 31.7. The molecule has 1 saturated carbocycles. The summed E-state index contributed by atoms with van der Waals surface area (Å²) in [7, 11) is 0. The number of rotatable bonds is 2. The quantitative estimate of drug-likeness (QED) is 0.882. The Balaban J connectivity index is 1.84. The second-order valence-electron chi connectivity index (χ2n) is 6.27. The van der Waals surface area contributed by atoms with Gasteiger partial charge in [-0.3, -0.25) is 0 Å². The number of anilines is 1. The van der Waals surface area contributed by atoms with Crippen LogP contribution in [0.2, 0.25) is 0 Å². The highest BCUT2D eigenvalue weighted by Gasteiger charge is 2.59. The zero-order valence-corrected chi connectivity index (χ0v) is 13.1. The lowest BCUT2D eigenvalue weighted by atomic mass is 9.57. The molecule has 1 aromatic carbocycles. The molecular weight excluding hydrogens is 309 g/mol. The van der Waals surface area contributed by atoms with Crippen molar-refractivity contribution in [3.8, 4) is 0 Å². The Kier molecular flexibility index (Phi) is 3.13. The molecule has 1 aliphatic heterocycles. The largest absolute Gasteiger partial charge is 0.381 e. The molecule has 2 nitrogen and oxygen atoms in total. The highest BCUT2D eigenvalue weighted by molar-refractivity contribution is 9.10. The van der Waals surface area contributed by atoms with E-state index in [1.165, 1.54) is 0 Å². The Morgan fingerprint density at radius 3 is 2.89 bits per heavy atom. The van der Waals surface area contributed by atoms with Crippen LogP contribution in [0.3, 0.4) is 0 Å². The summed E-state index contributed by atoms with van der Waals surface area (Å²) in [5.74, 6) is 0.372. The predicted molar refractivity (Wildman–Crippen MR) is 77.9 cm³/mol. The maximum Gasteiger partial charge on any atom is 0.137 e. The molecule has 0 spiro atoms.